The van der Waals surface area contributed by atoms with Crippen LogP contribution in [0.5, 0.6) is 5.75 Å². The van der Waals surface area contributed by atoms with Crippen molar-refractivity contribution in [2.45, 2.75) is 33.1 Å². The molecule has 0 aliphatic carbocycles. The zero-order chi connectivity index (χ0) is 18.4. The number of ketones is 1. The molecule has 0 saturated carbocycles. The molecule has 0 heterocycles. The average Bonchev–Trinajstić information content (AvgIpc) is 2.61. The monoisotopic (exact) mass is 343 g/mol. The van der Waals surface area contributed by atoms with Gasteiger partial charge in [0.2, 0.25) is 5.91 Å². The van der Waals surface area contributed by atoms with Gasteiger partial charge in [0.05, 0.1) is 7.11 Å². The first-order chi connectivity index (χ1) is 12.0. The van der Waals surface area contributed by atoms with Crippen LogP contribution in [-0.2, 0) is 11.2 Å². The van der Waals surface area contributed by atoms with Crippen molar-refractivity contribution in [1.82, 2.24) is 0 Å². The van der Waals surface area contributed by atoms with Crippen LogP contribution in [0.3, 0.4) is 0 Å². The Morgan fingerprint density at radius 1 is 1.16 bits per heavy atom. The summed E-state index contributed by atoms with van der Waals surface area (Å²) in [7, 11) is 1.36. The van der Waals surface area contributed by atoms with Crippen LogP contribution >= 0.6 is 0 Å². The number of para-hydroxylation sites is 1. The summed E-state index contributed by atoms with van der Waals surface area (Å²) in [5.74, 6) is -1.02. The second-order valence-electron chi connectivity index (χ2n) is 5.78. The van der Waals surface area contributed by atoms with Crippen molar-refractivity contribution < 1.29 is 18.7 Å². The van der Waals surface area contributed by atoms with Gasteiger partial charge in [0.1, 0.15) is 0 Å². The highest BCUT2D eigenvalue weighted by Crippen LogP contribution is 2.22. The predicted octanol–water partition coefficient (Wildman–Crippen LogP) is 4.31. The van der Waals surface area contributed by atoms with Crippen molar-refractivity contribution in [3.05, 3.63) is 58.9 Å². The molecule has 0 aliphatic rings. The molecule has 0 unspecified atom stereocenters. The molecule has 0 aromatic heterocycles. The van der Waals surface area contributed by atoms with Gasteiger partial charge in [0, 0.05) is 24.1 Å². The highest BCUT2D eigenvalue weighted by atomic mass is 19.1. The number of benzene rings is 2. The van der Waals surface area contributed by atoms with Crippen LogP contribution < -0.4 is 10.1 Å². The molecule has 0 bridgehead atoms. The van der Waals surface area contributed by atoms with E-state index in [4.69, 9.17) is 4.74 Å². The molecular formula is C20H22FNO3. The molecule has 0 fully saturated rings. The number of halogens is 1. The van der Waals surface area contributed by atoms with Crippen molar-refractivity contribution in [2.75, 3.05) is 12.4 Å². The topological polar surface area (TPSA) is 55.4 Å². The fraction of sp³-hybridized carbons (Fsp3) is 0.300. The van der Waals surface area contributed by atoms with E-state index in [1.54, 1.807) is 0 Å². The lowest BCUT2D eigenvalue weighted by Crippen LogP contribution is -2.15. The van der Waals surface area contributed by atoms with Crippen molar-refractivity contribution in [2.24, 2.45) is 0 Å². The molecule has 5 heteroatoms. The van der Waals surface area contributed by atoms with Gasteiger partial charge < -0.3 is 10.1 Å². The van der Waals surface area contributed by atoms with Gasteiger partial charge in [-0.25, -0.2) is 4.39 Å². The summed E-state index contributed by atoms with van der Waals surface area (Å²) in [4.78, 5) is 24.3. The number of hydrogen-bond donors (Lipinski definition) is 1. The van der Waals surface area contributed by atoms with E-state index in [0.717, 1.165) is 29.3 Å². The fourth-order valence-electron chi connectivity index (χ4n) is 2.62. The molecule has 1 N–H and O–H groups in total. The van der Waals surface area contributed by atoms with E-state index in [-0.39, 0.29) is 35.8 Å². The van der Waals surface area contributed by atoms with Gasteiger partial charge in [-0.05, 0) is 42.7 Å². The van der Waals surface area contributed by atoms with Gasteiger partial charge in [-0.15, -0.1) is 0 Å². The lowest BCUT2D eigenvalue weighted by Gasteiger charge is -2.12. The quantitative estimate of drug-likeness (QED) is 0.762. The van der Waals surface area contributed by atoms with Crippen LogP contribution in [0.1, 0.15) is 41.3 Å². The summed E-state index contributed by atoms with van der Waals surface area (Å²) < 4.78 is 18.5. The third-order valence-corrected chi connectivity index (χ3v) is 4.06. The third-order valence-electron chi connectivity index (χ3n) is 4.06. The third kappa shape index (κ3) is 4.66. The SMILES string of the molecule is CCc1cccc(C)c1NC(=O)CCC(=O)c1ccc(OC)c(F)c1. The number of amides is 1. The van der Waals surface area contributed by atoms with Crippen LogP contribution in [0, 0.1) is 12.7 Å². The highest BCUT2D eigenvalue weighted by molar-refractivity contribution is 6.00. The molecule has 132 valence electrons. The Kier molecular flexibility index (Phi) is 6.28. The maximum atomic E-state index is 13.7. The zero-order valence-electron chi connectivity index (χ0n) is 14.7. The van der Waals surface area contributed by atoms with E-state index in [1.807, 2.05) is 32.0 Å². The summed E-state index contributed by atoms with van der Waals surface area (Å²) in [6.45, 7) is 3.95. The Balaban J connectivity index is 1.98. The molecule has 2 rings (SSSR count). The van der Waals surface area contributed by atoms with Gasteiger partial charge in [-0.1, -0.05) is 25.1 Å². The van der Waals surface area contributed by atoms with Crippen LogP contribution in [-0.4, -0.2) is 18.8 Å². The van der Waals surface area contributed by atoms with Crippen LogP contribution in [0.4, 0.5) is 10.1 Å². The number of nitrogens with one attached hydrogen (secondary N) is 1. The Bertz CT molecular complexity index is 787. The standard InChI is InChI=1S/C20H22FNO3/c1-4-14-7-5-6-13(2)20(14)22-19(24)11-9-17(23)15-8-10-18(25-3)16(21)12-15/h5-8,10,12H,4,9,11H2,1-3H3,(H,22,24). The molecule has 0 saturated heterocycles. The van der Waals surface area contributed by atoms with Gasteiger partial charge in [0.25, 0.3) is 0 Å². The number of aryl methyl sites for hydroxylation is 2. The number of carbonyl (C=O) groups is 2. The molecule has 2 aromatic rings. The summed E-state index contributed by atoms with van der Waals surface area (Å²) in [5, 5.41) is 2.88. The molecule has 4 nitrogen and oxygen atoms in total. The second kappa shape index (κ2) is 8.42. The summed E-state index contributed by atoms with van der Waals surface area (Å²) >= 11 is 0. The minimum Gasteiger partial charge on any atom is -0.494 e. The van der Waals surface area contributed by atoms with E-state index in [0.29, 0.717) is 0 Å². The number of rotatable bonds is 7. The average molecular weight is 343 g/mol. The summed E-state index contributed by atoms with van der Waals surface area (Å²) in [6.07, 6.45) is 0.871. The van der Waals surface area contributed by atoms with Crippen molar-refractivity contribution in [3.63, 3.8) is 0 Å². The number of carbonyl (C=O) groups excluding carboxylic acids is 2. The Labute approximate surface area is 147 Å². The summed E-state index contributed by atoms with van der Waals surface area (Å²) in [6, 6.07) is 9.89. The normalized spacial score (nSPS) is 10.4. The van der Waals surface area contributed by atoms with Gasteiger partial charge in [-0.2, -0.15) is 0 Å². The lowest BCUT2D eigenvalue weighted by molar-refractivity contribution is -0.116. The van der Waals surface area contributed by atoms with E-state index < -0.39 is 5.82 Å². The summed E-state index contributed by atoms with van der Waals surface area (Å²) in [5.41, 5.74) is 3.07. The number of ether oxygens (including phenoxy) is 1. The van der Waals surface area contributed by atoms with Gasteiger partial charge >= 0.3 is 0 Å². The van der Waals surface area contributed by atoms with Crippen molar-refractivity contribution in [1.29, 1.82) is 0 Å². The number of hydrogen-bond acceptors (Lipinski definition) is 3. The van der Waals surface area contributed by atoms with E-state index in [1.165, 1.54) is 19.2 Å². The second-order valence-corrected chi connectivity index (χ2v) is 5.78. The fourth-order valence-corrected chi connectivity index (χ4v) is 2.62. The first-order valence-corrected chi connectivity index (χ1v) is 8.21. The molecule has 1 amide bonds. The maximum Gasteiger partial charge on any atom is 0.224 e. The van der Waals surface area contributed by atoms with Crippen molar-refractivity contribution >= 4 is 17.4 Å². The number of Topliss-reactive ketones (excluding diaryl/α,β-unsaturated/α-hetero) is 1. The van der Waals surface area contributed by atoms with Crippen molar-refractivity contribution in [3.8, 4) is 5.75 Å². The molecule has 25 heavy (non-hydrogen) atoms. The van der Waals surface area contributed by atoms with E-state index in [2.05, 4.69) is 5.32 Å². The first-order valence-electron chi connectivity index (χ1n) is 8.21. The molecule has 0 aliphatic heterocycles. The molecule has 0 atom stereocenters. The van der Waals surface area contributed by atoms with Crippen LogP contribution in [0.15, 0.2) is 36.4 Å². The number of methoxy groups -OCH3 is 1. The molecule has 2 aromatic carbocycles. The van der Waals surface area contributed by atoms with Crippen LogP contribution in [0.2, 0.25) is 0 Å². The zero-order valence-corrected chi connectivity index (χ0v) is 14.7. The highest BCUT2D eigenvalue weighted by Gasteiger charge is 2.14. The Morgan fingerprint density at radius 2 is 1.92 bits per heavy atom. The predicted molar refractivity (Wildman–Crippen MR) is 95.7 cm³/mol. The molecular weight excluding hydrogens is 321 g/mol. The first kappa shape index (κ1) is 18.6. The molecule has 0 spiro atoms. The Morgan fingerprint density at radius 3 is 2.56 bits per heavy atom. The van der Waals surface area contributed by atoms with E-state index in [9.17, 15) is 14.0 Å². The maximum absolute atomic E-state index is 13.7. The Hall–Kier alpha value is -2.69. The molecule has 0 radical (unpaired) electrons. The largest absolute Gasteiger partial charge is 0.494 e. The van der Waals surface area contributed by atoms with Crippen LogP contribution in [0.25, 0.3) is 0 Å². The minimum absolute atomic E-state index is 0.0188. The van der Waals surface area contributed by atoms with Gasteiger partial charge in [0.15, 0.2) is 17.3 Å². The minimum atomic E-state index is -0.592. The lowest BCUT2D eigenvalue weighted by atomic mass is 10.0. The van der Waals surface area contributed by atoms with Gasteiger partial charge in [-0.3, -0.25) is 9.59 Å². The number of anilines is 1. The smallest absolute Gasteiger partial charge is 0.224 e. The van der Waals surface area contributed by atoms with E-state index >= 15 is 0 Å².